The van der Waals surface area contributed by atoms with Crippen LogP contribution in [0.15, 0.2) is 24.3 Å². The molecule has 2 N–H and O–H groups in total. The van der Waals surface area contributed by atoms with Crippen LogP contribution in [0.1, 0.15) is 100 Å². The first-order chi connectivity index (χ1) is 22.3. The highest BCUT2D eigenvalue weighted by Gasteiger charge is 2.11. The Bertz CT molecular complexity index is 994. The summed E-state index contributed by atoms with van der Waals surface area (Å²) in [6.45, 7) is 1.42. The first-order valence-electron chi connectivity index (χ1n) is 16.1. The number of carbonyl (C=O) groups excluding carboxylic acids is 5. The number of hydrogen-bond donors (Lipinski definition) is 2. The van der Waals surface area contributed by atoms with Crippen LogP contribution < -0.4 is 4.74 Å². The molecular weight excluding hydrogens is 604 g/mol. The largest absolute Gasteiger partial charge is 0.493 e. The lowest BCUT2D eigenvalue weighted by molar-refractivity contribution is -0.150. The van der Waals surface area contributed by atoms with Crippen LogP contribution in [0.3, 0.4) is 0 Å². The van der Waals surface area contributed by atoms with E-state index >= 15 is 0 Å². The maximum Gasteiger partial charge on any atom is 0.338 e. The molecule has 0 aliphatic rings. The van der Waals surface area contributed by atoms with Gasteiger partial charge in [-0.25, -0.2) is 4.79 Å². The van der Waals surface area contributed by atoms with Gasteiger partial charge in [0.2, 0.25) is 0 Å². The van der Waals surface area contributed by atoms with E-state index < -0.39 is 29.8 Å². The number of aliphatic hydroxyl groups is 2. The molecule has 0 aromatic heterocycles. The first-order valence-corrected chi connectivity index (χ1v) is 16.1. The smallest absolute Gasteiger partial charge is 0.338 e. The van der Waals surface area contributed by atoms with Gasteiger partial charge in [-0.1, -0.05) is 12.8 Å². The van der Waals surface area contributed by atoms with Crippen LogP contribution in [0.5, 0.6) is 5.75 Å². The van der Waals surface area contributed by atoms with Gasteiger partial charge in [0.05, 0.1) is 70.9 Å². The van der Waals surface area contributed by atoms with Gasteiger partial charge in [0.25, 0.3) is 0 Å². The molecule has 0 aliphatic heterocycles. The topological polar surface area (TPSA) is 181 Å². The predicted molar refractivity (Wildman–Crippen MR) is 165 cm³/mol. The monoisotopic (exact) mass is 654 g/mol. The number of aliphatic hydroxyl groups excluding tert-OH is 2. The minimum Gasteiger partial charge on any atom is -0.493 e. The highest BCUT2D eigenvalue weighted by atomic mass is 16.6. The molecule has 0 unspecified atom stereocenters. The summed E-state index contributed by atoms with van der Waals surface area (Å²) in [4.78, 5) is 59.1. The SMILES string of the molecule is O=C(CCC(=O)OCCCOC(=O)c1ccc(OCCCOC(=O)CCC(=O)OCCCCCCO)cc1)OCCCCCCO. The third-order valence-corrected chi connectivity index (χ3v) is 6.39. The molecule has 0 spiro atoms. The summed E-state index contributed by atoms with van der Waals surface area (Å²) in [5, 5.41) is 17.4. The van der Waals surface area contributed by atoms with Gasteiger partial charge in [-0.15, -0.1) is 0 Å². The highest BCUT2D eigenvalue weighted by molar-refractivity contribution is 5.89. The van der Waals surface area contributed by atoms with Gasteiger partial charge in [-0.2, -0.15) is 0 Å². The Labute approximate surface area is 270 Å². The van der Waals surface area contributed by atoms with Crippen LogP contribution in [0.2, 0.25) is 0 Å². The third-order valence-electron chi connectivity index (χ3n) is 6.39. The standard InChI is InChI=1S/C33H50O13/c34-19-5-1-3-7-21-42-29(36)15-17-31(38)44-24-9-23-41-28-13-11-27(12-14-28)33(40)46-26-10-25-45-32(39)18-16-30(37)43-22-8-4-2-6-20-35/h11-14,34-35H,1-10,15-26H2. The summed E-state index contributed by atoms with van der Waals surface area (Å²) in [6.07, 6.45) is 6.89. The van der Waals surface area contributed by atoms with Crippen molar-refractivity contribution in [3.8, 4) is 5.75 Å². The average molecular weight is 655 g/mol. The van der Waals surface area contributed by atoms with E-state index in [2.05, 4.69) is 0 Å². The van der Waals surface area contributed by atoms with Crippen LogP contribution in [0, 0.1) is 0 Å². The fraction of sp³-hybridized carbons (Fsp3) is 0.667. The van der Waals surface area contributed by atoms with Crippen LogP contribution in [-0.4, -0.2) is 92.9 Å². The number of esters is 5. The van der Waals surface area contributed by atoms with E-state index in [0.29, 0.717) is 37.2 Å². The third kappa shape index (κ3) is 22.7. The zero-order valence-electron chi connectivity index (χ0n) is 26.8. The maximum atomic E-state index is 12.2. The molecule has 0 saturated carbocycles. The molecule has 0 fully saturated rings. The Kier molecular flexibility index (Phi) is 24.2. The molecule has 0 saturated heterocycles. The van der Waals surface area contributed by atoms with Gasteiger partial charge >= 0.3 is 29.8 Å². The van der Waals surface area contributed by atoms with E-state index in [1.807, 2.05) is 0 Å². The lowest BCUT2D eigenvalue weighted by Gasteiger charge is -2.09. The van der Waals surface area contributed by atoms with Crippen molar-refractivity contribution < 1.29 is 62.6 Å². The molecule has 13 heteroatoms. The second-order valence-corrected chi connectivity index (χ2v) is 10.4. The van der Waals surface area contributed by atoms with Gasteiger partial charge < -0.3 is 38.6 Å². The lowest BCUT2D eigenvalue weighted by atomic mass is 10.2. The van der Waals surface area contributed by atoms with Crippen LogP contribution >= 0.6 is 0 Å². The average Bonchev–Trinajstić information content (AvgIpc) is 3.05. The summed E-state index contributed by atoms with van der Waals surface area (Å²) >= 11 is 0. The molecule has 46 heavy (non-hydrogen) atoms. The summed E-state index contributed by atoms with van der Waals surface area (Å²) in [6, 6.07) is 6.34. The lowest BCUT2D eigenvalue weighted by Crippen LogP contribution is -2.13. The Morgan fingerprint density at radius 1 is 0.435 bits per heavy atom. The van der Waals surface area contributed by atoms with E-state index in [9.17, 15) is 24.0 Å². The summed E-state index contributed by atoms with van der Waals surface area (Å²) in [5.74, 6) is -1.94. The van der Waals surface area contributed by atoms with Crippen molar-refractivity contribution in [1.29, 1.82) is 0 Å². The zero-order chi connectivity index (χ0) is 33.7. The molecule has 0 aliphatic carbocycles. The van der Waals surface area contributed by atoms with E-state index in [1.54, 1.807) is 24.3 Å². The quantitative estimate of drug-likeness (QED) is 0.0756. The Balaban J connectivity index is 2.06. The van der Waals surface area contributed by atoms with Crippen molar-refractivity contribution >= 4 is 29.8 Å². The van der Waals surface area contributed by atoms with Crippen molar-refractivity contribution in [3.05, 3.63) is 29.8 Å². The van der Waals surface area contributed by atoms with E-state index in [-0.39, 0.29) is 71.9 Å². The fourth-order valence-electron chi connectivity index (χ4n) is 3.82. The molecular formula is C33H50O13. The summed E-state index contributed by atoms with van der Waals surface area (Å²) in [5.41, 5.74) is 0.324. The van der Waals surface area contributed by atoms with Crippen molar-refractivity contribution in [1.82, 2.24) is 0 Å². The van der Waals surface area contributed by atoms with E-state index in [4.69, 9.17) is 38.6 Å². The summed E-state index contributed by atoms with van der Waals surface area (Å²) in [7, 11) is 0. The van der Waals surface area contributed by atoms with Crippen LogP contribution in [0.25, 0.3) is 0 Å². The van der Waals surface area contributed by atoms with E-state index in [1.165, 1.54) is 0 Å². The van der Waals surface area contributed by atoms with Crippen LogP contribution in [0.4, 0.5) is 0 Å². The Morgan fingerprint density at radius 3 is 1.24 bits per heavy atom. The summed E-state index contributed by atoms with van der Waals surface area (Å²) < 4.78 is 31.1. The minimum absolute atomic E-state index is 0.0392. The first kappa shape index (κ1) is 40.3. The number of rotatable bonds is 28. The minimum atomic E-state index is -0.536. The van der Waals surface area contributed by atoms with Crippen molar-refractivity contribution in [2.45, 2.75) is 89.9 Å². The number of ether oxygens (including phenoxy) is 6. The van der Waals surface area contributed by atoms with Crippen molar-refractivity contribution in [3.63, 3.8) is 0 Å². The van der Waals surface area contributed by atoms with E-state index in [0.717, 1.165) is 44.9 Å². The number of unbranched alkanes of at least 4 members (excludes halogenated alkanes) is 6. The molecule has 0 radical (unpaired) electrons. The Morgan fingerprint density at radius 2 is 0.804 bits per heavy atom. The maximum absolute atomic E-state index is 12.2. The Hall–Kier alpha value is -3.71. The zero-order valence-corrected chi connectivity index (χ0v) is 26.8. The van der Waals surface area contributed by atoms with Gasteiger partial charge in [-0.3, -0.25) is 19.2 Å². The molecule has 0 atom stereocenters. The number of hydrogen-bond acceptors (Lipinski definition) is 13. The molecule has 260 valence electrons. The molecule has 13 nitrogen and oxygen atoms in total. The molecule has 1 aromatic carbocycles. The normalized spacial score (nSPS) is 10.6. The number of benzene rings is 1. The molecule has 0 amide bonds. The molecule has 0 bridgehead atoms. The molecule has 0 heterocycles. The van der Waals surface area contributed by atoms with Crippen molar-refractivity contribution in [2.75, 3.05) is 52.9 Å². The van der Waals surface area contributed by atoms with Crippen LogP contribution in [-0.2, 0) is 42.9 Å². The second-order valence-electron chi connectivity index (χ2n) is 10.4. The predicted octanol–water partition coefficient (Wildman–Crippen LogP) is 3.84. The van der Waals surface area contributed by atoms with Crippen molar-refractivity contribution in [2.24, 2.45) is 0 Å². The number of carbonyl (C=O) groups is 5. The van der Waals surface area contributed by atoms with Gasteiger partial charge in [0, 0.05) is 26.1 Å². The second kappa shape index (κ2) is 27.6. The van der Waals surface area contributed by atoms with Gasteiger partial charge in [0.15, 0.2) is 0 Å². The van der Waals surface area contributed by atoms with Gasteiger partial charge in [0.1, 0.15) is 5.75 Å². The fourth-order valence-corrected chi connectivity index (χ4v) is 3.82. The van der Waals surface area contributed by atoms with Gasteiger partial charge in [-0.05, 0) is 62.8 Å². The highest BCUT2D eigenvalue weighted by Crippen LogP contribution is 2.14. The molecule has 1 rings (SSSR count). The molecule has 1 aromatic rings.